The molecule has 1 heterocycles. The second-order valence-electron chi connectivity index (χ2n) is 5.02. The fourth-order valence-electron chi connectivity index (χ4n) is 2.00. The van der Waals surface area contributed by atoms with Crippen LogP contribution in [0.15, 0.2) is 4.90 Å². The minimum absolute atomic E-state index is 0.0786. The quantitative estimate of drug-likeness (QED) is 0.574. The van der Waals surface area contributed by atoms with Gasteiger partial charge >= 0.3 is 0 Å². The molecule has 1 amide bonds. The highest BCUT2D eigenvalue weighted by Gasteiger charge is 2.35. The molecule has 1 aliphatic carbocycles. The molecule has 10 heteroatoms. The standard InChI is InChI=1S/C11H18N4O4S2/c1-20(17)6-2-5-13-11(16)9-10(21(12,18)19)8(14-15-9)7-3-4-7/h7H,2-6H2,1H3,(H,13,16)(H,14,15)(H2,12,18,19). The Morgan fingerprint density at radius 1 is 1.52 bits per heavy atom. The summed E-state index contributed by atoms with van der Waals surface area (Å²) in [6, 6.07) is 0. The molecule has 1 aromatic rings. The zero-order valence-corrected chi connectivity index (χ0v) is 13.2. The van der Waals surface area contributed by atoms with E-state index in [0.29, 0.717) is 24.4 Å². The number of carbonyl (C=O) groups is 1. The van der Waals surface area contributed by atoms with Crippen LogP contribution in [0.3, 0.4) is 0 Å². The molecule has 1 fully saturated rings. The van der Waals surface area contributed by atoms with Crippen molar-refractivity contribution >= 4 is 26.7 Å². The first-order chi connectivity index (χ1) is 9.80. The molecular weight excluding hydrogens is 316 g/mol. The van der Waals surface area contributed by atoms with E-state index in [0.717, 1.165) is 12.8 Å². The maximum absolute atomic E-state index is 12.0. The number of nitrogens with two attached hydrogens (primary N) is 1. The van der Waals surface area contributed by atoms with Gasteiger partial charge in [0.05, 0.1) is 5.69 Å². The number of sulfonamides is 1. The Morgan fingerprint density at radius 2 is 2.19 bits per heavy atom. The Hall–Kier alpha value is -1.26. The summed E-state index contributed by atoms with van der Waals surface area (Å²) in [5, 5.41) is 14.2. The van der Waals surface area contributed by atoms with Crippen LogP contribution in [-0.4, -0.2) is 47.3 Å². The van der Waals surface area contributed by atoms with Gasteiger partial charge in [0.2, 0.25) is 10.0 Å². The maximum atomic E-state index is 12.0. The summed E-state index contributed by atoms with van der Waals surface area (Å²) in [5.41, 5.74) is 0.217. The van der Waals surface area contributed by atoms with E-state index in [4.69, 9.17) is 5.14 Å². The van der Waals surface area contributed by atoms with Crippen molar-refractivity contribution < 1.29 is 17.4 Å². The zero-order valence-electron chi connectivity index (χ0n) is 11.6. The van der Waals surface area contributed by atoms with Crippen LogP contribution < -0.4 is 10.5 Å². The van der Waals surface area contributed by atoms with Crippen molar-refractivity contribution in [2.24, 2.45) is 5.14 Å². The first-order valence-electron chi connectivity index (χ1n) is 6.50. The normalized spacial score (nSPS) is 16.7. The number of rotatable bonds is 7. The average Bonchev–Trinajstić information content (AvgIpc) is 3.11. The zero-order chi connectivity index (χ0) is 15.6. The monoisotopic (exact) mass is 334 g/mol. The highest BCUT2D eigenvalue weighted by molar-refractivity contribution is 7.89. The first kappa shape index (κ1) is 16.1. The first-order valence-corrected chi connectivity index (χ1v) is 9.77. The van der Waals surface area contributed by atoms with Crippen LogP contribution >= 0.6 is 0 Å². The number of aromatic amines is 1. The molecule has 0 saturated heterocycles. The summed E-state index contributed by atoms with van der Waals surface area (Å²) in [6.45, 7) is 0.300. The van der Waals surface area contributed by atoms with Gasteiger partial charge in [0.25, 0.3) is 5.91 Å². The number of H-pyrrole nitrogens is 1. The van der Waals surface area contributed by atoms with Gasteiger partial charge in [0.1, 0.15) is 4.90 Å². The van der Waals surface area contributed by atoms with E-state index in [2.05, 4.69) is 15.5 Å². The predicted molar refractivity (Wildman–Crippen MR) is 77.8 cm³/mol. The number of hydrogen-bond donors (Lipinski definition) is 3. The van der Waals surface area contributed by atoms with Gasteiger partial charge in [-0.1, -0.05) is 0 Å². The largest absolute Gasteiger partial charge is 0.351 e. The summed E-state index contributed by atoms with van der Waals surface area (Å²) in [5.74, 6) is -0.0464. The average molecular weight is 334 g/mol. The lowest BCUT2D eigenvalue weighted by atomic mass is 10.2. The van der Waals surface area contributed by atoms with E-state index in [1.807, 2.05) is 0 Å². The van der Waals surface area contributed by atoms with Crippen molar-refractivity contribution in [3.63, 3.8) is 0 Å². The molecule has 1 atom stereocenters. The van der Waals surface area contributed by atoms with E-state index in [1.165, 1.54) is 0 Å². The topological polar surface area (TPSA) is 135 Å². The number of hydrogen-bond acceptors (Lipinski definition) is 5. The number of primary sulfonamides is 1. The SMILES string of the molecule is CS(=O)CCCNC(=O)c1n[nH]c(C2CC2)c1S(N)(=O)=O. The summed E-state index contributed by atoms with van der Waals surface area (Å²) in [6.07, 6.45) is 3.83. The van der Waals surface area contributed by atoms with Crippen LogP contribution in [-0.2, 0) is 20.8 Å². The fourth-order valence-corrected chi connectivity index (χ4v) is 3.47. The van der Waals surface area contributed by atoms with Crippen LogP contribution in [0.2, 0.25) is 0 Å². The Morgan fingerprint density at radius 3 is 2.71 bits per heavy atom. The Bertz CT molecular complexity index is 664. The smallest absolute Gasteiger partial charge is 0.273 e. The third kappa shape index (κ3) is 4.11. The summed E-state index contributed by atoms with van der Waals surface area (Å²) in [7, 11) is -4.94. The van der Waals surface area contributed by atoms with Gasteiger partial charge in [0, 0.05) is 35.3 Å². The lowest BCUT2D eigenvalue weighted by Gasteiger charge is -2.04. The third-order valence-corrected chi connectivity index (χ3v) is 4.97. The summed E-state index contributed by atoms with van der Waals surface area (Å²) in [4.78, 5) is 11.8. The minimum atomic E-state index is -4.02. The highest BCUT2D eigenvalue weighted by atomic mass is 32.2. The molecule has 1 saturated carbocycles. The second kappa shape index (κ2) is 6.24. The van der Waals surface area contributed by atoms with Gasteiger partial charge < -0.3 is 5.32 Å². The number of nitrogens with zero attached hydrogens (tertiary/aromatic N) is 1. The van der Waals surface area contributed by atoms with Crippen LogP contribution in [0.4, 0.5) is 0 Å². The molecule has 0 spiro atoms. The second-order valence-corrected chi connectivity index (χ2v) is 8.07. The Kier molecular flexibility index (Phi) is 4.79. The van der Waals surface area contributed by atoms with Crippen molar-refractivity contribution in [1.82, 2.24) is 15.5 Å². The van der Waals surface area contributed by atoms with E-state index < -0.39 is 26.7 Å². The van der Waals surface area contributed by atoms with E-state index in [1.54, 1.807) is 6.26 Å². The Balaban J connectivity index is 2.12. The molecule has 4 N–H and O–H groups in total. The van der Waals surface area contributed by atoms with Gasteiger partial charge in [-0.2, -0.15) is 5.10 Å². The number of amides is 1. The molecule has 21 heavy (non-hydrogen) atoms. The molecule has 118 valence electrons. The predicted octanol–water partition coefficient (Wildman–Crippen LogP) is -0.567. The van der Waals surface area contributed by atoms with Crippen molar-refractivity contribution in [3.05, 3.63) is 11.4 Å². The minimum Gasteiger partial charge on any atom is -0.351 e. The van der Waals surface area contributed by atoms with Gasteiger partial charge in [-0.15, -0.1) is 0 Å². The summed E-state index contributed by atoms with van der Waals surface area (Å²) < 4.78 is 34.3. The molecule has 1 aliphatic rings. The van der Waals surface area contributed by atoms with Crippen LogP contribution in [0.1, 0.15) is 41.4 Å². The van der Waals surface area contributed by atoms with Crippen molar-refractivity contribution in [1.29, 1.82) is 0 Å². The number of carbonyl (C=O) groups excluding carboxylic acids is 1. The van der Waals surface area contributed by atoms with Crippen LogP contribution in [0.5, 0.6) is 0 Å². The molecule has 0 bridgehead atoms. The molecular formula is C11H18N4O4S2. The Labute approximate surface area is 125 Å². The number of nitrogens with one attached hydrogen (secondary N) is 2. The molecule has 1 aromatic heterocycles. The molecule has 2 rings (SSSR count). The van der Waals surface area contributed by atoms with Gasteiger partial charge in [-0.3, -0.25) is 14.1 Å². The maximum Gasteiger partial charge on any atom is 0.273 e. The molecule has 0 radical (unpaired) electrons. The highest BCUT2D eigenvalue weighted by Crippen LogP contribution is 2.42. The molecule has 1 unspecified atom stereocenters. The summed E-state index contributed by atoms with van der Waals surface area (Å²) >= 11 is 0. The van der Waals surface area contributed by atoms with Crippen LogP contribution in [0.25, 0.3) is 0 Å². The van der Waals surface area contributed by atoms with Gasteiger partial charge in [0.15, 0.2) is 5.69 Å². The molecule has 0 aromatic carbocycles. The van der Waals surface area contributed by atoms with Crippen molar-refractivity contribution in [2.75, 3.05) is 18.6 Å². The van der Waals surface area contributed by atoms with Crippen molar-refractivity contribution in [2.45, 2.75) is 30.1 Å². The van der Waals surface area contributed by atoms with E-state index in [-0.39, 0.29) is 16.5 Å². The fraction of sp³-hybridized carbons (Fsp3) is 0.636. The van der Waals surface area contributed by atoms with Gasteiger partial charge in [-0.05, 0) is 19.3 Å². The van der Waals surface area contributed by atoms with Crippen LogP contribution in [0, 0.1) is 0 Å². The van der Waals surface area contributed by atoms with E-state index in [9.17, 15) is 17.4 Å². The van der Waals surface area contributed by atoms with Gasteiger partial charge in [-0.25, -0.2) is 13.6 Å². The molecule has 8 nitrogen and oxygen atoms in total. The van der Waals surface area contributed by atoms with Crippen molar-refractivity contribution in [3.8, 4) is 0 Å². The molecule has 0 aliphatic heterocycles. The third-order valence-electron chi connectivity index (χ3n) is 3.13. The lowest BCUT2D eigenvalue weighted by molar-refractivity contribution is 0.0945. The number of aromatic nitrogens is 2. The lowest BCUT2D eigenvalue weighted by Crippen LogP contribution is -2.28. The van der Waals surface area contributed by atoms with E-state index >= 15 is 0 Å².